The molecule has 4 N–H and O–H groups in total. The minimum Gasteiger partial charge on any atom is -0.505 e. The number of nitrogens with two attached hydrogens (primary N) is 1. The topological polar surface area (TPSA) is 106 Å². The number of phenols is 1. The van der Waals surface area contributed by atoms with Crippen LogP contribution in [-0.2, 0) is 17.9 Å². The van der Waals surface area contributed by atoms with Gasteiger partial charge in [-0.15, -0.1) is 5.10 Å². The Morgan fingerprint density at radius 3 is 3.00 bits per heavy atom. The van der Waals surface area contributed by atoms with Crippen molar-refractivity contribution in [2.24, 2.45) is 5.73 Å². The molecule has 0 aliphatic carbocycles. The third kappa shape index (κ3) is 3.30. The van der Waals surface area contributed by atoms with Crippen molar-refractivity contribution >= 4 is 27.5 Å². The number of benzene rings is 1. The van der Waals surface area contributed by atoms with E-state index in [1.807, 2.05) is 0 Å². The summed E-state index contributed by atoms with van der Waals surface area (Å²) < 4.78 is 1.89. The number of para-hydroxylation sites is 1. The van der Waals surface area contributed by atoms with Gasteiger partial charge in [-0.3, -0.25) is 4.79 Å². The molecule has 8 heteroatoms. The number of rotatable bonds is 4. The summed E-state index contributed by atoms with van der Waals surface area (Å²) in [6.45, 7) is 0.271. The van der Waals surface area contributed by atoms with Crippen LogP contribution in [0.1, 0.15) is 5.69 Å². The van der Waals surface area contributed by atoms with Gasteiger partial charge in [-0.05, 0) is 28.1 Å². The normalized spacial score (nSPS) is 10.4. The van der Waals surface area contributed by atoms with E-state index in [1.54, 1.807) is 24.4 Å². The van der Waals surface area contributed by atoms with Crippen molar-refractivity contribution in [1.29, 1.82) is 0 Å². The lowest BCUT2D eigenvalue weighted by Gasteiger charge is -2.08. The molecule has 0 aliphatic rings. The molecule has 1 heterocycles. The molecule has 19 heavy (non-hydrogen) atoms. The van der Waals surface area contributed by atoms with Gasteiger partial charge < -0.3 is 16.2 Å². The van der Waals surface area contributed by atoms with E-state index in [-0.39, 0.29) is 24.7 Å². The summed E-state index contributed by atoms with van der Waals surface area (Å²) >= 11 is 3.17. The molecule has 0 saturated carbocycles. The second-order valence-corrected chi connectivity index (χ2v) is 4.65. The highest BCUT2D eigenvalue weighted by Gasteiger charge is 2.10. The number of amides is 1. The molecule has 0 atom stereocenters. The molecule has 1 aromatic carbocycles. The third-order valence-corrected chi connectivity index (χ3v) is 3.00. The fourth-order valence-electron chi connectivity index (χ4n) is 1.46. The van der Waals surface area contributed by atoms with E-state index in [1.165, 1.54) is 4.68 Å². The van der Waals surface area contributed by atoms with Gasteiger partial charge in [0.25, 0.3) is 0 Å². The van der Waals surface area contributed by atoms with E-state index in [4.69, 9.17) is 5.73 Å². The van der Waals surface area contributed by atoms with Gasteiger partial charge in [-0.25, -0.2) is 4.68 Å². The summed E-state index contributed by atoms with van der Waals surface area (Å²) in [4.78, 5) is 11.8. The largest absolute Gasteiger partial charge is 0.505 e. The molecule has 0 bridgehead atoms. The van der Waals surface area contributed by atoms with Gasteiger partial charge in [-0.2, -0.15) is 0 Å². The highest BCUT2D eigenvalue weighted by atomic mass is 79.9. The van der Waals surface area contributed by atoms with Crippen molar-refractivity contribution in [1.82, 2.24) is 15.0 Å². The van der Waals surface area contributed by atoms with Crippen LogP contribution >= 0.6 is 15.9 Å². The zero-order valence-electron chi connectivity index (χ0n) is 9.88. The Morgan fingerprint density at radius 2 is 2.32 bits per heavy atom. The molecule has 0 spiro atoms. The molecule has 0 aliphatic heterocycles. The maximum absolute atomic E-state index is 11.8. The predicted octanol–water partition coefficient (Wildman–Crippen LogP) is 0.844. The second-order valence-electron chi connectivity index (χ2n) is 3.80. The van der Waals surface area contributed by atoms with Gasteiger partial charge in [0.05, 0.1) is 22.1 Å². The summed E-state index contributed by atoms with van der Waals surface area (Å²) in [6, 6.07) is 4.99. The summed E-state index contributed by atoms with van der Waals surface area (Å²) in [6.07, 6.45) is 1.60. The van der Waals surface area contributed by atoms with Crippen molar-refractivity contribution in [2.75, 3.05) is 5.32 Å². The van der Waals surface area contributed by atoms with Crippen LogP contribution in [0, 0.1) is 0 Å². The number of carbonyl (C=O) groups excluding carboxylic acids is 1. The van der Waals surface area contributed by atoms with Crippen molar-refractivity contribution in [3.05, 3.63) is 34.6 Å². The number of nitrogens with zero attached hydrogens (tertiary/aromatic N) is 3. The first-order chi connectivity index (χ1) is 9.10. The minimum absolute atomic E-state index is 0.00104. The first-order valence-electron chi connectivity index (χ1n) is 5.46. The van der Waals surface area contributed by atoms with Crippen molar-refractivity contribution in [3.63, 3.8) is 0 Å². The Kier molecular flexibility index (Phi) is 4.13. The number of phenolic OH excluding ortho intramolecular Hbond substituents is 1. The lowest BCUT2D eigenvalue weighted by atomic mass is 10.3. The van der Waals surface area contributed by atoms with Crippen LogP contribution in [0.5, 0.6) is 5.75 Å². The maximum atomic E-state index is 11.8. The van der Waals surface area contributed by atoms with Gasteiger partial charge in [0.2, 0.25) is 5.91 Å². The lowest BCUT2D eigenvalue weighted by molar-refractivity contribution is -0.116. The van der Waals surface area contributed by atoms with Gasteiger partial charge in [0, 0.05) is 6.54 Å². The molecule has 1 aromatic heterocycles. The molecule has 0 fully saturated rings. The van der Waals surface area contributed by atoms with E-state index in [9.17, 15) is 9.90 Å². The van der Waals surface area contributed by atoms with Gasteiger partial charge in [-0.1, -0.05) is 11.3 Å². The fraction of sp³-hybridized carbons (Fsp3) is 0.182. The predicted molar refractivity (Wildman–Crippen MR) is 72.3 cm³/mol. The van der Waals surface area contributed by atoms with E-state index < -0.39 is 0 Å². The number of anilines is 1. The van der Waals surface area contributed by atoms with Crippen LogP contribution in [0.2, 0.25) is 0 Å². The number of hydrogen-bond acceptors (Lipinski definition) is 5. The molecule has 0 unspecified atom stereocenters. The van der Waals surface area contributed by atoms with E-state index in [2.05, 4.69) is 31.6 Å². The van der Waals surface area contributed by atoms with Crippen LogP contribution in [0.3, 0.4) is 0 Å². The molecular weight excluding hydrogens is 314 g/mol. The Hall–Kier alpha value is -1.93. The Morgan fingerprint density at radius 1 is 1.53 bits per heavy atom. The molecule has 7 nitrogen and oxygen atoms in total. The molecule has 0 radical (unpaired) electrons. The first kappa shape index (κ1) is 13.5. The zero-order valence-corrected chi connectivity index (χ0v) is 11.5. The smallest absolute Gasteiger partial charge is 0.246 e. The average Bonchev–Trinajstić information content (AvgIpc) is 2.82. The summed E-state index contributed by atoms with van der Waals surface area (Å²) in [7, 11) is 0. The molecule has 100 valence electrons. The third-order valence-electron chi connectivity index (χ3n) is 2.36. The number of aromatic hydroxyl groups is 1. The number of carbonyl (C=O) groups is 1. The fourth-order valence-corrected chi connectivity index (χ4v) is 1.83. The average molecular weight is 326 g/mol. The molecular formula is C11H12BrN5O2. The molecule has 2 aromatic rings. The van der Waals surface area contributed by atoms with Gasteiger partial charge in [0.15, 0.2) is 5.75 Å². The van der Waals surface area contributed by atoms with Gasteiger partial charge in [0.1, 0.15) is 6.54 Å². The van der Waals surface area contributed by atoms with E-state index in [0.717, 1.165) is 0 Å². The molecule has 1 amide bonds. The van der Waals surface area contributed by atoms with Crippen LogP contribution in [-0.4, -0.2) is 26.0 Å². The number of nitrogens with one attached hydrogen (secondary N) is 1. The highest BCUT2D eigenvalue weighted by Crippen LogP contribution is 2.31. The Bertz CT molecular complexity index is 599. The van der Waals surface area contributed by atoms with E-state index in [0.29, 0.717) is 15.9 Å². The Labute approximate surface area is 117 Å². The van der Waals surface area contributed by atoms with E-state index >= 15 is 0 Å². The van der Waals surface area contributed by atoms with Crippen LogP contribution in [0.25, 0.3) is 0 Å². The SMILES string of the molecule is NCc1cn(CC(=O)Nc2cccc(Br)c2O)nn1. The van der Waals surface area contributed by atoms with Gasteiger partial charge >= 0.3 is 0 Å². The number of aromatic nitrogens is 3. The first-order valence-corrected chi connectivity index (χ1v) is 6.26. The monoisotopic (exact) mass is 325 g/mol. The Balaban J connectivity index is 2.03. The van der Waals surface area contributed by atoms with Crippen LogP contribution in [0.4, 0.5) is 5.69 Å². The standard InChI is InChI=1S/C11H12BrN5O2/c12-8-2-1-3-9(11(8)19)14-10(18)6-17-5-7(4-13)15-16-17/h1-3,5,19H,4,6,13H2,(H,14,18). The number of halogens is 1. The second kappa shape index (κ2) is 5.81. The lowest BCUT2D eigenvalue weighted by Crippen LogP contribution is -2.19. The molecule has 0 saturated heterocycles. The minimum atomic E-state index is -0.318. The van der Waals surface area contributed by atoms with Crippen LogP contribution < -0.4 is 11.1 Å². The van der Waals surface area contributed by atoms with Crippen molar-refractivity contribution in [2.45, 2.75) is 13.1 Å². The number of hydrogen-bond donors (Lipinski definition) is 3. The summed E-state index contributed by atoms with van der Waals surface area (Å²) in [5.41, 5.74) is 6.34. The van der Waals surface area contributed by atoms with Crippen LogP contribution in [0.15, 0.2) is 28.9 Å². The summed E-state index contributed by atoms with van der Waals surface area (Å²) in [5.74, 6) is -0.334. The summed E-state index contributed by atoms with van der Waals surface area (Å²) in [5, 5.41) is 19.9. The molecule has 2 rings (SSSR count). The van der Waals surface area contributed by atoms with Crippen molar-refractivity contribution < 1.29 is 9.90 Å². The van der Waals surface area contributed by atoms with Crippen molar-refractivity contribution in [3.8, 4) is 5.75 Å². The zero-order chi connectivity index (χ0) is 13.8. The maximum Gasteiger partial charge on any atom is 0.246 e. The highest BCUT2D eigenvalue weighted by molar-refractivity contribution is 9.10. The quantitative estimate of drug-likeness (QED) is 0.722.